The first-order valence-corrected chi connectivity index (χ1v) is 9.92. The van der Waals surface area contributed by atoms with Crippen molar-refractivity contribution in [2.45, 2.75) is 12.8 Å². The molecule has 0 spiro atoms. The summed E-state index contributed by atoms with van der Waals surface area (Å²) in [5.74, 6) is -0.348. The van der Waals surface area contributed by atoms with Crippen LogP contribution in [0.2, 0.25) is 0 Å². The van der Waals surface area contributed by atoms with E-state index >= 15 is 0 Å². The summed E-state index contributed by atoms with van der Waals surface area (Å²) in [4.78, 5) is 11.8. The van der Waals surface area contributed by atoms with Crippen molar-refractivity contribution >= 4 is 27.1 Å². The highest BCUT2D eigenvalue weighted by atomic mass is 32.2. The van der Waals surface area contributed by atoms with Gasteiger partial charge in [0, 0.05) is 25.4 Å². The Hall–Kier alpha value is -2.87. The van der Waals surface area contributed by atoms with Gasteiger partial charge in [-0.25, -0.2) is 12.9 Å². The van der Waals surface area contributed by atoms with Gasteiger partial charge in [0.05, 0.1) is 17.0 Å². The van der Waals surface area contributed by atoms with Crippen LogP contribution in [0.5, 0.6) is 0 Å². The second-order valence-corrected chi connectivity index (χ2v) is 7.71. The van der Waals surface area contributed by atoms with Gasteiger partial charge in [-0.2, -0.15) is 5.10 Å². The molecule has 0 aliphatic heterocycles. The number of carbonyl (C=O) groups excluding carboxylic acids is 1. The minimum absolute atomic E-state index is 0.0673. The molecule has 0 bridgehead atoms. The van der Waals surface area contributed by atoms with Gasteiger partial charge in [-0.05, 0) is 30.2 Å². The van der Waals surface area contributed by atoms with Gasteiger partial charge < -0.3 is 5.32 Å². The summed E-state index contributed by atoms with van der Waals surface area (Å²) >= 11 is 0. The maximum absolute atomic E-state index is 12.2. The van der Waals surface area contributed by atoms with E-state index in [1.54, 1.807) is 35.1 Å². The van der Waals surface area contributed by atoms with E-state index in [0.29, 0.717) is 18.5 Å². The second-order valence-electron chi connectivity index (χ2n) is 5.87. The monoisotopic (exact) mass is 372 g/mol. The Balaban J connectivity index is 1.44. The lowest BCUT2D eigenvalue weighted by atomic mass is 10.1. The summed E-state index contributed by atoms with van der Waals surface area (Å²) in [6, 6.07) is 14.8. The molecule has 1 aromatic carbocycles. The fraction of sp³-hybridized carbons (Fsp3) is 0.222. The standard InChI is InChI=1S/C18H20N4O3S/c23-18(7-6-15-4-2-1-3-5-15)19-11-13-26(24,25)21-16-9-12-22-17(14-16)8-10-20-22/h1-5,8-10,12,14,21H,6-7,11,13H2,(H,19,23). The van der Waals surface area contributed by atoms with Gasteiger partial charge in [0.25, 0.3) is 0 Å². The highest BCUT2D eigenvalue weighted by Crippen LogP contribution is 2.13. The summed E-state index contributed by atoms with van der Waals surface area (Å²) in [5.41, 5.74) is 2.33. The van der Waals surface area contributed by atoms with Gasteiger partial charge in [-0.1, -0.05) is 30.3 Å². The fourth-order valence-corrected chi connectivity index (χ4v) is 3.49. The van der Waals surface area contributed by atoms with Crippen LogP contribution in [0.4, 0.5) is 5.69 Å². The normalized spacial score (nSPS) is 11.4. The first-order valence-electron chi connectivity index (χ1n) is 8.26. The van der Waals surface area contributed by atoms with Crippen LogP contribution in [0.25, 0.3) is 5.52 Å². The number of aryl methyl sites for hydroxylation is 1. The van der Waals surface area contributed by atoms with Crippen molar-refractivity contribution in [3.63, 3.8) is 0 Å². The zero-order valence-electron chi connectivity index (χ0n) is 14.1. The molecule has 3 rings (SSSR count). The molecule has 26 heavy (non-hydrogen) atoms. The van der Waals surface area contributed by atoms with E-state index in [1.807, 2.05) is 30.3 Å². The summed E-state index contributed by atoms with van der Waals surface area (Å²) in [6.07, 6.45) is 4.27. The summed E-state index contributed by atoms with van der Waals surface area (Å²) in [6.45, 7) is 0.0673. The number of sulfonamides is 1. The van der Waals surface area contributed by atoms with Crippen molar-refractivity contribution in [1.29, 1.82) is 0 Å². The quantitative estimate of drug-likeness (QED) is 0.631. The SMILES string of the molecule is O=C(CCc1ccccc1)NCCS(=O)(=O)Nc1ccn2nccc2c1. The van der Waals surface area contributed by atoms with Gasteiger partial charge in [-0.3, -0.25) is 9.52 Å². The number of aromatic nitrogens is 2. The molecule has 0 saturated heterocycles. The van der Waals surface area contributed by atoms with Crippen LogP contribution in [0, 0.1) is 0 Å². The number of nitrogens with one attached hydrogen (secondary N) is 2. The second kappa shape index (κ2) is 8.01. The van der Waals surface area contributed by atoms with Crippen molar-refractivity contribution in [2.75, 3.05) is 17.0 Å². The number of rotatable bonds is 8. The third kappa shape index (κ3) is 5.06. The van der Waals surface area contributed by atoms with E-state index in [-0.39, 0.29) is 18.2 Å². The summed E-state index contributed by atoms with van der Waals surface area (Å²) < 4.78 is 28.5. The summed E-state index contributed by atoms with van der Waals surface area (Å²) in [5, 5.41) is 6.70. The number of pyridine rings is 1. The molecule has 3 aromatic rings. The summed E-state index contributed by atoms with van der Waals surface area (Å²) in [7, 11) is -3.54. The highest BCUT2D eigenvalue weighted by Gasteiger charge is 2.12. The number of benzene rings is 1. The van der Waals surface area contributed by atoms with Crippen molar-refractivity contribution < 1.29 is 13.2 Å². The molecule has 1 amide bonds. The molecule has 8 heteroatoms. The molecular formula is C18H20N4O3S. The molecule has 0 atom stereocenters. The Kier molecular flexibility index (Phi) is 5.52. The lowest BCUT2D eigenvalue weighted by Gasteiger charge is -2.09. The van der Waals surface area contributed by atoms with Gasteiger partial charge in [0.2, 0.25) is 15.9 Å². The van der Waals surface area contributed by atoms with Gasteiger partial charge in [0.1, 0.15) is 0 Å². The molecule has 0 unspecified atom stereocenters. The zero-order valence-corrected chi connectivity index (χ0v) is 14.9. The van der Waals surface area contributed by atoms with E-state index in [9.17, 15) is 13.2 Å². The van der Waals surface area contributed by atoms with Crippen LogP contribution in [-0.2, 0) is 21.2 Å². The average Bonchev–Trinajstić information content (AvgIpc) is 3.08. The lowest BCUT2D eigenvalue weighted by Crippen LogP contribution is -2.31. The Morgan fingerprint density at radius 1 is 1.12 bits per heavy atom. The lowest BCUT2D eigenvalue weighted by molar-refractivity contribution is -0.120. The van der Waals surface area contributed by atoms with E-state index in [4.69, 9.17) is 0 Å². The van der Waals surface area contributed by atoms with E-state index in [2.05, 4.69) is 15.1 Å². The van der Waals surface area contributed by atoms with Crippen molar-refractivity contribution in [3.05, 3.63) is 66.5 Å². The number of carbonyl (C=O) groups is 1. The predicted octanol–water partition coefficient (Wildman–Crippen LogP) is 1.82. The Morgan fingerprint density at radius 2 is 1.92 bits per heavy atom. The minimum Gasteiger partial charge on any atom is -0.355 e. The van der Waals surface area contributed by atoms with Crippen molar-refractivity contribution in [3.8, 4) is 0 Å². The molecular weight excluding hydrogens is 352 g/mol. The Morgan fingerprint density at radius 3 is 2.73 bits per heavy atom. The number of amides is 1. The number of hydrogen-bond donors (Lipinski definition) is 2. The van der Waals surface area contributed by atoms with Gasteiger partial charge >= 0.3 is 0 Å². The number of anilines is 1. The van der Waals surface area contributed by atoms with Crippen LogP contribution in [0.15, 0.2) is 60.9 Å². The molecule has 0 saturated carbocycles. The smallest absolute Gasteiger partial charge is 0.234 e. The molecule has 2 aromatic heterocycles. The molecule has 0 aliphatic carbocycles. The number of hydrogen-bond acceptors (Lipinski definition) is 4. The third-order valence-electron chi connectivity index (χ3n) is 3.85. The van der Waals surface area contributed by atoms with Crippen molar-refractivity contribution in [1.82, 2.24) is 14.9 Å². The van der Waals surface area contributed by atoms with E-state index in [0.717, 1.165) is 11.1 Å². The molecule has 2 heterocycles. The molecule has 136 valence electrons. The Labute approximate surface area is 152 Å². The first kappa shape index (κ1) is 17.9. The zero-order chi connectivity index (χ0) is 18.4. The molecule has 2 N–H and O–H groups in total. The average molecular weight is 372 g/mol. The molecule has 0 radical (unpaired) electrons. The van der Waals surface area contributed by atoms with Crippen LogP contribution < -0.4 is 10.0 Å². The minimum atomic E-state index is -3.54. The number of nitrogens with zero attached hydrogens (tertiary/aromatic N) is 2. The van der Waals surface area contributed by atoms with E-state index < -0.39 is 10.0 Å². The van der Waals surface area contributed by atoms with Gasteiger partial charge in [0.15, 0.2) is 0 Å². The Bertz CT molecular complexity index is 984. The first-order chi connectivity index (χ1) is 12.5. The van der Waals surface area contributed by atoms with Crippen LogP contribution in [0.3, 0.4) is 0 Å². The van der Waals surface area contributed by atoms with Crippen LogP contribution in [-0.4, -0.2) is 36.2 Å². The fourth-order valence-electron chi connectivity index (χ4n) is 2.53. The van der Waals surface area contributed by atoms with Gasteiger partial charge in [-0.15, -0.1) is 0 Å². The van der Waals surface area contributed by atoms with E-state index in [1.165, 1.54) is 0 Å². The molecule has 7 nitrogen and oxygen atoms in total. The maximum atomic E-state index is 12.2. The largest absolute Gasteiger partial charge is 0.355 e. The van der Waals surface area contributed by atoms with Crippen molar-refractivity contribution in [2.24, 2.45) is 0 Å². The topological polar surface area (TPSA) is 92.6 Å². The van der Waals surface area contributed by atoms with Crippen LogP contribution in [0.1, 0.15) is 12.0 Å². The maximum Gasteiger partial charge on any atom is 0.234 e. The van der Waals surface area contributed by atoms with Crippen LogP contribution >= 0.6 is 0 Å². The molecule has 0 fully saturated rings. The molecule has 0 aliphatic rings. The highest BCUT2D eigenvalue weighted by molar-refractivity contribution is 7.92. The third-order valence-corrected chi connectivity index (χ3v) is 5.14. The predicted molar refractivity (Wildman–Crippen MR) is 100 cm³/mol. The number of fused-ring (bicyclic) bond motifs is 1.